The van der Waals surface area contributed by atoms with Crippen LogP contribution in [0.5, 0.6) is 0 Å². The third-order valence-electron chi connectivity index (χ3n) is 4.27. The van der Waals surface area contributed by atoms with Gasteiger partial charge in [-0.1, -0.05) is 39.8 Å². The summed E-state index contributed by atoms with van der Waals surface area (Å²) in [5.74, 6) is 1.55. The van der Waals surface area contributed by atoms with Gasteiger partial charge in [-0.15, -0.1) is 12.4 Å². The lowest BCUT2D eigenvalue weighted by molar-refractivity contribution is -0.116. The molecule has 1 unspecified atom stereocenters. The van der Waals surface area contributed by atoms with Crippen molar-refractivity contribution in [1.29, 1.82) is 0 Å². The first-order valence-electron chi connectivity index (χ1n) is 8.11. The van der Waals surface area contributed by atoms with E-state index >= 15 is 0 Å². The van der Waals surface area contributed by atoms with Crippen LogP contribution in [0.2, 0.25) is 0 Å². The number of carbonyl (C=O) groups excluding carboxylic acids is 1. The Balaban J connectivity index is 0.00000242. The minimum Gasteiger partial charge on any atom is -0.326 e. The minimum atomic E-state index is 0. The van der Waals surface area contributed by atoms with E-state index in [9.17, 15) is 4.79 Å². The number of amides is 1. The zero-order valence-electron chi connectivity index (χ0n) is 14.1. The van der Waals surface area contributed by atoms with Crippen molar-refractivity contribution >= 4 is 24.0 Å². The normalized spacial score (nSPS) is 17.6. The fraction of sp³-hybridized carbons (Fsp3) is 0.611. The summed E-state index contributed by atoms with van der Waals surface area (Å²) in [7, 11) is 0. The van der Waals surface area contributed by atoms with Crippen molar-refractivity contribution in [3.8, 4) is 0 Å². The molecule has 1 aliphatic rings. The molecule has 1 aromatic rings. The first-order valence-corrected chi connectivity index (χ1v) is 8.11. The van der Waals surface area contributed by atoms with Crippen LogP contribution >= 0.6 is 12.4 Å². The molecule has 1 fully saturated rings. The molecule has 1 atom stereocenters. The summed E-state index contributed by atoms with van der Waals surface area (Å²) in [4.78, 5) is 12.2. The highest BCUT2D eigenvalue weighted by Crippen LogP contribution is 2.28. The van der Waals surface area contributed by atoms with Crippen LogP contribution in [0.25, 0.3) is 0 Å². The molecule has 1 amide bonds. The van der Waals surface area contributed by atoms with Crippen molar-refractivity contribution in [2.75, 3.05) is 18.4 Å². The first-order chi connectivity index (χ1) is 9.97. The lowest BCUT2D eigenvalue weighted by Crippen LogP contribution is -2.19. The van der Waals surface area contributed by atoms with Gasteiger partial charge in [0.15, 0.2) is 0 Å². The van der Waals surface area contributed by atoms with Gasteiger partial charge in [0.25, 0.3) is 0 Å². The maximum Gasteiger partial charge on any atom is 0.224 e. The maximum atomic E-state index is 12.2. The van der Waals surface area contributed by atoms with Crippen molar-refractivity contribution in [2.24, 2.45) is 5.92 Å². The largest absolute Gasteiger partial charge is 0.326 e. The molecule has 2 rings (SSSR count). The zero-order chi connectivity index (χ0) is 15.4. The number of benzene rings is 1. The summed E-state index contributed by atoms with van der Waals surface area (Å²) < 4.78 is 0. The lowest BCUT2D eigenvalue weighted by atomic mass is 9.94. The average Bonchev–Trinajstić information content (AvgIpc) is 2.91. The Morgan fingerprint density at radius 1 is 1.27 bits per heavy atom. The number of carbonyl (C=O) groups is 1. The van der Waals surface area contributed by atoms with E-state index < -0.39 is 0 Å². The summed E-state index contributed by atoms with van der Waals surface area (Å²) in [6, 6.07) is 6.43. The van der Waals surface area contributed by atoms with E-state index in [-0.39, 0.29) is 18.3 Å². The van der Waals surface area contributed by atoms with Crippen LogP contribution in [0, 0.1) is 5.92 Å². The fourth-order valence-electron chi connectivity index (χ4n) is 2.88. The summed E-state index contributed by atoms with van der Waals surface area (Å²) in [6.07, 6.45) is 1.73. The predicted octanol–water partition coefficient (Wildman–Crippen LogP) is 4.29. The molecular formula is C18H29ClN2O. The van der Waals surface area contributed by atoms with E-state index in [2.05, 4.69) is 56.5 Å². The second-order valence-corrected chi connectivity index (χ2v) is 6.77. The van der Waals surface area contributed by atoms with Gasteiger partial charge in [0.2, 0.25) is 5.91 Å². The maximum absolute atomic E-state index is 12.2. The third kappa shape index (κ3) is 4.99. The molecule has 2 N–H and O–H groups in total. The highest BCUT2D eigenvalue weighted by Gasteiger charge is 2.19. The van der Waals surface area contributed by atoms with E-state index in [4.69, 9.17) is 0 Å². The van der Waals surface area contributed by atoms with Crippen molar-refractivity contribution in [3.05, 3.63) is 29.3 Å². The summed E-state index contributed by atoms with van der Waals surface area (Å²) in [6.45, 7) is 10.8. The molecule has 0 saturated carbocycles. The lowest BCUT2D eigenvalue weighted by Gasteiger charge is -2.17. The summed E-state index contributed by atoms with van der Waals surface area (Å²) in [5.41, 5.74) is 3.54. The second-order valence-electron chi connectivity index (χ2n) is 6.77. The van der Waals surface area contributed by atoms with E-state index in [1.807, 2.05) is 0 Å². The molecule has 1 aromatic carbocycles. The molecule has 0 bridgehead atoms. The van der Waals surface area contributed by atoms with Crippen LogP contribution in [-0.2, 0) is 4.79 Å². The Morgan fingerprint density at radius 3 is 2.55 bits per heavy atom. The van der Waals surface area contributed by atoms with Gasteiger partial charge in [-0.3, -0.25) is 4.79 Å². The number of hydrogen-bond donors (Lipinski definition) is 2. The highest BCUT2D eigenvalue weighted by atomic mass is 35.5. The van der Waals surface area contributed by atoms with Gasteiger partial charge >= 0.3 is 0 Å². The van der Waals surface area contributed by atoms with Gasteiger partial charge in [0.05, 0.1) is 0 Å². The first kappa shape index (κ1) is 19.0. The number of anilines is 1. The van der Waals surface area contributed by atoms with Gasteiger partial charge in [-0.2, -0.15) is 0 Å². The molecule has 124 valence electrons. The van der Waals surface area contributed by atoms with Crippen molar-refractivity contribution in [1.82, 2.24) is 5.32 Å². The van der Waals surface area contributed by atoms with Crippen molar-refractivity contribution in [2.45, 2.75) is 52.4 Å². The van der Waals surface area contributed by atoms with Crippen LogP contribution in [0.15, 0.2) is 18.2 Å². The Morgan fingerprint density at radius 2 is 2.00 bits per heavy atom. The van der Waals surface area contributed by atoms with Crippen LogP contribution in [0.3, 0.4) is 0 Å². The molecular weight excluding hydrogens is 296 g/mol. The Labute approximate surface area is 140 Å². The van der Waals surface area contributed by atoms with E-state index in [0.717, 1.165) is 25.2 Å². The Bertz CT molecular complexity index is 494. The monoisotopic (exact) mass is 324 g/mol. The van der Waals surface area contributed by atoms with Gasteiger partial charge < -0.3 is 10.6 Å². The molecule has 1 saturated heterocycles. The second kappa shape index (κ2) is 8.54. The predicted molar refractivity (Wildman–Crippen MR) is 96.1 cm³/mol. The molecule has 4 heteroatoms. The number of nitrogens with one attached hydrogen (secondary N) is 2. The molecule has 1 aliphatic heterocycles. The smallest absolute Gasteiger partial charge is 0.224 e. The minimum absolute atomic E-state index is 0. The number of rotatable bonds is 5. The molecule has 3 nitrogen and oxygen atoms in total. The summed E-state index contributed by atoms with van der Waals surface area (Å²) in [5, 5.41) is 6.43. The average molecular weight is 325 g/mol. The molecule has 0 radical (unpaired) electrons. The van der Waals surface area contributed by atoms with E-state index in [0.29, 0.717) is 24.2 Å². The molecule has 1 heterocycles. The highest BCUT2D eigenvalue weighted by molar-refractivity contribution is 5.91. The molecule has 0 aliphatic carbocycles. The van der Waals surface area contributed by atoms with E-state index in [1.54, 1.807) is 0 Å². The van der Waals surface area contributed by atoms with Crippen LogP contribution in [-0.4, -0.2) is 19.0 Å². The summed E-state index contributed by atoms with van der Waals surface area (Å²) >= 11 is 0. The SMILES string of the molecule is CC(C)c1ccc(NC(=O)CC2CCNC2)c(C(C)C)c1.Cl. The standard InChI is InChI=1S/C18H28N2O.ClH/c1-12(2)15-5-6-17(16(10-15)13(3)4)20-18(21)9-14-7-8-19-11-14;/h5-6,10,12-14,19H,7-9,11H2,1-4H3,(H,20,21);1H. The fourth-order valence-corrected chi connectivity index (χ4v) is 2.88. The van der Waals surface area contributed by atoms with Crippen LogP contribution in [0.1, 0.15) is 63.5 Å². The quantitative estimate of drug-likeness (QED) is 0.848. The van der Waals surface area contributed by atoms with Gasteiger partial charge in [-0.25, -0.2) is 0 Å². The molecule has 0 aromatic heterocycles. The van der Waals surface area contributed by atoms with Gasteiger partial charge in [-0.05, 0) is 54.5 Å². The van der Waals surface area contributed by atoms with Gasteiger partial charge in [0, 0.05) is 12.1 Å². The van der Waals surface area contributed by atoms with Crippen LogP contribution < -0.4 is 10.6 Å². The Hall–Kier alpha value is -1.06. The topological polar surface area (TPSA) is 41.1 Å². The number of halogens is 1. The van der Waals surface area contributed by atoms with Crippen LogP contribution in [0.4, 0.5) is 5.69 Å². The van der Waals surface area contributed by atoms with Crippen molar-refractivity contribution < 1.29 is 4.79 Å². The van der Waals surface area contributed by atoms with E-state index in [1.165, 1.54) is 11.1 Å². The van der Waals surface area contributed by atoms with Gasteiger partial charge in [0.1, 0.15) is 0 Å². The number of hydrogen-bond acceptors (Lipinski definition) is 2. The van der Waals surface area contributed by atoms with Crippen molar-refractivity contribution in [3.63, 3.8) is 0 Å². The zero-order valence-corrected chi connectivity index (χ0v) is 14.9. The molecule has 22 heavy (non-hydrogen) atoms. The third-order valence-corrected chi connectivity index (χ3v) is 4.27. The molecule has 0 spiro atoms. The Kier molecular flexibility index (Phi) is 7.37.